The number of hydrogen-bond acceptors (Lipinski definition) is 2. The molecule has 0 spiro atoms. The zero-order valence-corrected chi connectivity index (χ0v) is 11.0. The maximum absolute atomic E-state index is 6.06. The summed E-state index contributed by atoms with van der Waals surface area (Å²) in [5, 5.41) is 0.748. The lowest BCUT2D eigenvalue weighted by Gasteiger charge is -2.04. The second-order valence-electron chi connectivity index (χ2n) is 3.12. The van der Waals surface area contributed by atoms with Gasteiger partial charge in [-0.25, -0.2) is 0 Å². The van der Waals surface area contributed by atoms with Crippen LogP contribution in [0.3, 0.4) is 0 Å². The Morgan fingerprint density at radius 3 is 2.60 bits per heavy atom. The molecule has 0 saturated heterocycles. The summed E-state index contributed by atoms with van der Waals surface area (Å²) in [6.07, 6.45) is 3.38. The van der Waals surface area contributed by atoms with Crippen LogP contribution in [-0.2, 0) is 0 Å². The van der Waals surface area contributed by atoms with Crippen molar-refractivity contribution in [3.05, 3.63) is 44.9 Å². The van der Waals surface area contributed by atoms with E-state index < -0.39 is 0 Å². The van der Waals surface area contributed by atoms with Gasteiger partial charge in [0, 0.05) is 21.5 Å². The van der Waals surface area contributed by atoms with E-state index in [1.54, 1.807) is 12.4 Å². The highest BCUT2D eigenvalue weighted by molar-refractivity contribution is 14.1. The lowest BCUT2D eigenvalue weighted by molar-refractivity contribution is 1.12. The summed E-state index contributed by atoms with van der Waals surface area (Å²) < 4.78 is 1.04. The van der Waals surface area contributed by atoms with Gasteiger partial charge in [0.15, 0.2) is 0 Å². The first-order valence-electron chi connectivity index (χ1n) is 4.41. The van der Waals surface area contributed by atoms with Crippen LogP contribution in [0.15, 0.2) is 30.6 Å². The Kier molecular flexibility index (Phi) is 3.21. The maximum atomic E-state index is 6.06. The molecule has 0 unspecified atom stereocenters. The van der Waals surface area contributed by atoms with Crippen molar-refractivity contribution in [3.8, 4) is 11.3 Å². The van der Waals surface area contributed by atoms with Gasteiger partial charge in [-0.15, -0.1) is 0 Å². The molecular weight excluding hydrogens is 322 g/mol. The quantitative estimate of drug-likeness (QED) is 0.745. The van der Waals surface area contributed by atoms with Crippen molar-refractivity contribution in [1.82, 2.24) is 9.97 Å². The third kappa shape index (κ3) is 2.29. The number of nitrogens with zero attached hydrogens (tertiary/aromatic N) is 2. The van der Waals surface area contributed by atoms with Gasteiger partial charge in [0.25, 0.3) is 0 Å². The second kappa shape index (κ2) is 4.45. The van der Waals surface area contributed by atoms with E-state index in [9.17, 15) is 0 Å². The van der Waals surface area contributed by atoms with Crippen molar-refractivity contribution < 1.29 is 0 Å². The van der Waals surface area contributed by atoms with Crippen molar-refractivity contribution in [3.63, 3.8) is 0 Å². The fourth-order valence-corrected chi connectivity index (χ4v) is 1.85. The Bertz CT molecular complexity index is 500. The molecule has 0 aliphatic carbocycles. The van der Waals surface area contributed by atoms with Crippen molar-refractivity contribution in [2.45, 2.75) is 6.92 Å². The van der Waals surface area contributed by atoms with Gasteiger partial charge in [-0.3, -0.25) is 9.97 Å². The van der Waals surface area contributed by atoms with Gasteiger partial charge in [-0.2, -0.15) is 0 Å². The normalized spacial score (nSPS) is 10.3. The van der Waals surface area contributed by atoms with Crippen molar-refractivity contribution >= 4 is 34.2 Å². The van der Waals surface area contributed by atoms with Crippen LogP contribution in [0.4, 0.5) is 0 Å². The van der Waals surface area contributed by atoms with E-state index in [1.165, 1.54) is 0 Å². The van der Waals surface area contributed by atoms with E-state index in [2.05, 4.69) is 32.6 Å². The molecule has 0 saturated carbocycles. The molecule has 1 aromatic carbocycles. The molecule has 0 fully saturated rings. The molecule has 0 bridgehead atoms. The molecular formula is C11H8ClIN2. The lowest BCUT2D eigenvalue weighted by atomic mass is 10.1. The van der Waals surface area contributed by atoms with Crippen molar-refractivity contribution in [1.29, 1.82) is 0 Å². The summed E-state index contributed by atoms with van der Waals surface area (Å²) in [4.78, 5) is 8.50. The van der Waals surface area contributed by atoms with Gasteiger partial charge in [0.1, 0.15) is 0 Å². The van der Waals surface area contributed by atoms with E-state index in [1.807, 2.05) is 25.1 Å². The summed E-state index contributed by atoms with van der Waals surface area (Å²) >= 11 is 8.26. The summed E-state index contributed by atoms with van der Waals surface area (Å²) in [6.45, 7) is 1.94. The first-order valence-corrected chi connectivity index (χ1v) is 5.87. The molecule has 1 aromatic heterocycles. The van der Waals surface area contributed by atoms with Crippen LogP contribution < -0.4 is 0 Å². The van der Waals surface area contributed by atoms with Gasteiger partial charge in [0.05, 0.1) is 16.4 Å². The number of benzene rings is 1. The number of rotatable bonds is 1. The van der Waals surface area contributed by atoms with Crippen LogP contribution in [0.1, 0.15) is 5.69 Å². The van der Waals surface area contributed by atoms with E-state index in [-0.39, 0.29) is 0 Å². The monoisotopic (exact) mass is 330 g/mol. The Balaban J connectivity index is 2.55. The van der Waals surface area contributed by atoms with Gasteiger partial charge in [-0.1, -0.05) is 17.7 Å². The fourth-order valence-electron chi connectivity index (χ4n) is 1.33. The van der Waals surface area contributed by atoms with Crippen LogP contribution >= 0.6 is 34.2 Å². The standard InChI is InChI=1S/C11H8ClIN2/c1-7-11(15-5-4-14-7)8-2-3-10(13)9(12)6-8/h2-6H,1H3. The summed E-state index contributed by atoms with van der Waals surface area (Å²) in [7, 11) is 0. The third-order valence-electron chi connectivity index (χ3n) is 2.07. The number of hydrogen-bond donors (Lipinski definition) is 0. The molecule has 2 aromatic rings. The minimum atomic E-state index is 0.748. The smallest absolute Gasteiger partial charge is 0.0914 e. The minimum absolute atomic E-state index is 0.748. The second-order valence-corrected chi connectivity index (χ2v) is 4.69. The van der Waals surface area contributed by atoms with Crippen molar-refractivity contribution in [2.24, 2.45) is 0 Å². The molecule has 4 heteroatoms. The predicted molar refractivity (Wildman–Crippen MR) is 69.9 cm³/mol. The van der Waals surface area contributed by atoms with Gasteiger partial charge in [0.2, 0.25) is 0 Å². The Hall–Kier alpha value is -0.680. The number of aromatic nitrogens is 2. The van der Waals surface area contributed by atoms with E-state index in [0.717, 1.165) is 25.5 Å². The van der Waals surface area contributed by atoms with Gasteiger partial charge < -0.3 is 0 Å². The van der Waals surface area contributed by atoms with Crippen LogP contribution in [0.25, 0.3) is 11.3 Å². The molecule has 0 aliphatic rings. The average Bonchev–Trinajstić information content (AvgIpc) is 2.23. The van der Waals surface area contributed by atoms with Gasteiger partial charge in [-0.05, 0) is 41.6 Å². The summed E-state index contributed by atoms with van der Waals surface area (Å²) in [6, 6.07) is 5.90. The summed E-state index contributed by atoms with van der Waals surface area (Å²) in [5.41, 5.74) is 2.80. The number of halogens is 2. The average molecular weight is 331 g/mol. The molecule has 15 heavy (non-hydrogen) atoms. The Labute approximate surface area is 107 Å². The largest absolute Gasteiger partial charge is 0.258 e. The molecule has 0 atom stereocenters. The molecule has 0 N–H and O–H groups in total. The molecule has 2 rings (SSSR count). The SMILES string of the molecule is Cc1nccnc1-c1ccc(I)c(Cl)c1. The van der Waals surface area contributed by atoms with E-state index >= 15 is 0 Å². The first-order chi connectivity index (χ1) is 7.18. The molecule has 76 valence electrons. The minimum Gasteiger partial charge on any atom is -0.258 e. The predicted octanol–water partition coefficient (Wildman–Crippen LogP) is 3.71. The van der Waals surface area contributed by atoms with E-state index in [4.69, 9.17) is 11.6 Å². The van der Waals surface area contributed by atoms with Crippen LogP contribution in [0, 0.1) is 10.5 Å². The van der Waals surface area contributed by atoms with Crippen LogP contribution in [0.2, 0.25) is 5.02 Å². The zero-order chi connectivity index (χ0) is 10.8. The highest BCUT2D eigenvalue weighted by Crippen LogP contribution is 2.26. The molecule has 0 radical (unpaired) electrons. The first kappa shape index (κ1) is 10.8. The lowest BCUT2D eigenvalue weighted by Crippen LogP contribution is -1.91. The third-order valence-corrected chi connectivity index (χ3v) is 3.65. The number of aryl methyl sites for hydroxylation is 1. The zero-order valence-electron chi connectivity index (χ0n) is 8.04. The topological polar surface area (TPSA) is 25.8 Å². The molecule has 0 aliphatic heterocycles. The molecule has 1 heterocycles. The summed E-state index contributed by atoms with van der Waals surface area (Å²) in [5.74, 6) is 0. The Morgan fingerprint density at radius 2 is 1.93 bits per heavy atom. The molecule has 2 nitrogen and oxygen atoms in total. The van der Waals surface area contributed by atoms with Crippen LogP contribution in [0.5, 0.6) is 0 Å². The fraction of sp³-hybridized carbons (Fsp3) is 0.0909. The highest BCUT2D eigenvalue weighted by atomic mass is 127. The molecule has 0 amide bonds. The highest BCUT2D eigenvalue weighted by Gasteiger charge is 2.05. The Morgan fingerprint density at radius 1 is 1.20 bits per heavy atom. The van der Waals surface area contributed by atoms with Gasteiger partial charge >= 0.3 is 0 Å². The van der Waals surface area contributed by atoms with Crippen molar-refractivity contribution in [2.75, 3.05) is 0 Å². The van der Waals surface area contributed by atoms with Crippen LogP contribution in [-0.4, -0.2) is 9.97 Å². The maximum Gasteiger partial charge on any atom is 0.0914 e. The van der Waals surface area contributed by atoms with E-state index in [0.29, 0.717) is 0 Å².